The van der Waals surface area contributed by atoms with Gasteiger partial charge in [0.15, 0.2) is 17.2 Å². The zero-order chi connectivity index (χ0) is 10.5. The zero-order valence-electron chi connectivity index (χ0n) is 8.16. The lowest BCUT2D eigenvalue weighted by Gasteiger charge is -2.25. The average molecular weight is 209 g/mol. The van der Waals surface area contributed by atoms with E-state index in [9.17, 15) is 9.50 Å². The fraction of sp³-hybridized carbons (Fsp3) is 0.455. The number of hydrogen-bond acceptors (Lipinski definition) is 3. The molecule has 80 valence electrons. The van der Waals surface area contributed by atoms with Crippen molar-refractivity contribution >= 4 is 0 Å². The second-order valence-corrected chi connectivity index (χ2v) is 4.15. The minimum Gasteiger partial charge on any atom is -0.479 e. The van der Waals surface area contributed by atoms with Gasteiger partial charge in [-0.2, -0.15) is 0 Å². The molecule has 4 heteroatoms. The van der Waals surface area contributed by atoms with Crippen molar-refractivity contribution in [1.82, 2.24) is 5.32 Å². The molecule has 1 fully saturated rings. The van der Waals surface area contributed by atoms with Crippen LogP contribution in [0.2, 0.25) is 0 Å². The fourth-order valence-corrected chi connectivity index (χ4v) is 2.40. The number of aliphatic hydroxyl groups is 1. The maximum atomic E-state index is 13.4. The van der Waals surface area contributed by atoms with Crippen molar-refractivity contribution in [3.05, 3.63) is 29.6 Å². The molecular weight excluding hydrogens is 197 g/mol. The van der Waals surface area contributed by atoms with Gasteiger partial charge in [-0.3, -0.25) is 0 Å². The molecule has 0 aromatic heterocycles. The quantitative estimate of drug-likeness (QED) is 0.669. The summed E-state index contributed by atoms with van der Waals surface area (Å²) >= 11 is 0. The SMILES string of the molecule is OC1c2cccc(F)c2OC12CCNC2. The predicted molar refractivity (Wildman–Crippen MR) is 52.2 cm³/mol. The van der Waals surface area contributed by atoms with Crippen LogP contribution in [0.5, 0.6) is 5.75 Å². The van der Waals surface area contributed by atoms with Crippen LogP contribution in [0, 0.1) is 5.82 Å². The van der Waals surface area contributed by atoms with Crippen molar-refractivity contribution in [2.24, 2.45) is 0 Å². The third-order valence-corrected chi connectivity index (χ3v) is 3.24. The highest BCUT2D eigenvalue weighted by atomic mass is 19.1. The monoisotopic (exact) mass is 209 g/mol. The molecule has 0 amide bonds. The van der Waals surface area contributed by atoms with Gasteiger partial charge >= 0.3 is 0 Å². The molecule has 3 rings (SSSR count). The number of nitrogens with one attached hydrogen (secondary N) is 1. The molecule has 2 heterocycles. The van der Waals surface area contributed by atoms with Gasteiger partial charge in [0.05, 0.1) is 0 Å². The van der Waals surface area contributed by atoms with Crippen molar-refractivity contribution in [1.29, 1.82) is 0 Å². The molecule has 2 N–H and O–H groups in total. The number of halogens is 1. The van der Waals surface area contributed by atoms with E-state index >= 15 is 0 Å². The van der Waals surface area contributed by atoms with Gasteiger partial charge in [-0.25, -0.2) is 4.39 Å². The predicted octanol–water partition coefficient (Wildman–Crippen LogP) is 0.984. The van der Waals surface area contributed by atoms with Crippen molar-refractivity contribution in [2.45, 2.75) is 18.1 Å². The van der Waals surface area contributed by atoms with Crippen molar-refractivity contribution < 1.29 is 14.2 Å². The van der Waals surface area contributed by atoms with Gasteiger partial charge in [-0.1, -0.05) is 12.1 Å². The molecule has 0 saturated carbocycles. The number of aliphatic hydroxyl groups excluding tert-OH is 1. The number of benzene rings is 1. The third-order valence-electron chi connectivity index (χ3n) is 3.24. The highest BCUT2D eigenvalue weighted by molar-refractivity contribution is 5.43. The molecule has 1 spiro atoms. The number of para-hydroxylation sites is 1. The summed E-state index contributed by atoms with van der Waals surface area (Å²) in [7, 11) is 0. The number of rotatable bonds is 0. The summed E-state index contributed by atoms with van der Waals surface area (Å²) in [4.78, 5) is 0. The standard InChI is InChI=1S/C11H12FNO2/c12-8-3-1-2-7-9(8)15-11(10(7)14)4-5-13-6-11/h1-3,10,13-14H,4-6H2. The van der Waals surface area contributed by atoms with E-state index in [1.54, 1.807) is 12.1 Å². The lowest BCUT2D eigenvalue weighted by molar-refractivity contribution is -0.0139. The van der Waals surface area contributed by atoms with Crippen LogP contribution in [0.25, 0.3) is 0 Å². The minimum absolute atomic E-state index is 0.216. The summed E-state index contributed by atoms with van der Waals surface area (Å²) in [5.41, 5.74) is -0.0800. The molecule has 2 aliphatic heterocycles. The van der Waals surface area contributed by atoms with Crippen LogP contribution in [0.15, 0.2) is 18.2 Å². The molecule has 0 radical (unpaired) electrons. The minimum atomic E-state index is -0.724. The van der Waals surface area contributed by atoms with Gasteiger partial charge in [-0.15, -0.1) is 0 Å². The number of ether oxygens (including phenoxy) is 1. The Morgan fingerprint density at radius 3 is 3.07 bits per heavy atom. The first-order chi connectivity index (χ1) is 7.23. The van der Waals surface area contributed by atoms with Crippen molar-refractivity contribution in [3.63, 3.8) is 0 Å². The molecule has 15 heavy (non-hydrogen) atoms. The van der Waals surface area contributed by atoms with E-state index in [-0.39, 0.29) is 5.75 Å². The molecule has 3 nitrogen and oxygen atoms in total. The van der Waals surface area contributed by atoms with Crippen LogP contribution in [0.4, 0.5) is 4.39 Å². The van der Waals surface area contributed by atoms with Crippen LogP contribution >= 0.6 is 0 Å². The lowest BCUT2D eigenvalue weighted by atomic mass is 9.93. The molecule has 0 bridgehead atoms. The highest BCUT2D eigenvalue weighted by Gasteiger charge is 2.50. The van der Waals surface area contributed by atoms with Gasteiger partial charge in [0.1, 0.15) is 6.10 Å². The topological polar surface area (TPSA) is 41.5 Å². The van der Waals surface area contributed by atoms with Crippen molar-refractivity contribution in [2.75, 3.05) is 13.1 Å². The summed E-state index contributed by atoms with van der Waals surface area (Å²) in [5.74, 6) is -0.177. The Balaban J connectivity index is 2.08. The summed E-state index contributed by atoms with van der Waals surface area (Å²) in [6.45, 7) is 1.37. The Morgan fingerprint density at radius 2 is 2.40 bits per heavy atom. The number of fused-ring (bicyclic) bond motifs is 1. The van der Waals surface area contributed by atoms with Gasteiger partial charge < -0.3 is 15.2 Å². The van der Waals surface area contributed by atoms with Crippen LogP contribution in [0.1, 0.15) is 18.1 Å². The first-order valence-corrected chi connectivity index (χ1v) is 5.09. The first kappa shape index (κ1) is 9.12. The third kappa shape index (κ3) is 1.12. The van der Waals surface area contributed by atoms with E-state index in [1.807, 2.05) is 0 Å². The van der Waals surface area contributed by atoms with Crippen LogP contribution < -0.4 is 10.1 Å². The molecule has 2 atom stereocenters. The van der Waals surface area contributed by atoms with Gasteiger partial charge in [0.2, 0.25) is 0 Å². The zero-order valence-corrected chi connectivity index (χ0v) is 8.16. The Bertz CT molecular complexity index is 402. The van der Waals surface area contributed by atoms with Gasteiger partial charge in [0, 0.05) is 18.5 Å². The molecule has 0 aliphatic carbocycles. The van der Waals surface area contributed by atoms with Crippen molar-refractivity contribution in [3.8, 4) is 5.75 Å². The maximum Gasteiger partial charge on any atom is 0.165 e. The molecule has 1 saturated heterocycles. The smallest absolute Gasteiger partial charge is 0.165 e. The molecule has 1 aromatic carbocycles. The molecule has 2 unspecified atom stereocenters. The summed E-state index contributed by atoms with van der Waals surface area (Å²) in [6.07, 6.45) is -0.0133. The van der Waals surface area contributed by atoms with Gasteiger partial charge in [-0.05, 0) is 12.6 Å². The van der Waals surface area contributed by atoms with Gasteiger partial charge in [0.25, 0.3) is 0 Å². The van der Waals surface area contributed by atoms with Crippen LogP contribution in [-0.4, -0.2) is 23.8 Å². The van der Waals surface area contributed by atoms with E-state index in [1.165, 1.54) is 6.07 Å². The Kier molecular flexibility index (Phi) is 1.78. The summed E-state index contributed by atoms with van der Waals surface area (Å²) in [5, 5.41) is 13.3. The molecule has 2 aliphatic rings. The normalized spacial score (nSPS) is 33.1. The Labute approximate surface area is 86.9 Å². The number of hydrogen-bond donors (Lipinski definition) is 2. The lowest BCUT2D eigenvalue weighted by Crippen LogP contribution is -2.40. The van der Waals surface area contributed by atoms with E-state index in [4.69, 9.17) is 4.74 Å². The van der Waals surface area contributed by atoms with E-state index in [2.05, 4.69) is 5.32 Å². The van der Waals surface area contributed by atoms with E-state index in [0.29, 0.717) is 18.5 Å². The van der Waals surface area contributed by atoms with Crippen LogP contribution in [0.3, 0.4) is 0 Å². The second kappa shape index (κ2) is 2.93. The molecule has 1 aromatic rings. The van der Waals surface area contributed by atoms with E-state index in [0.717, 1.165) is 6.54 Å². The Morgan fingerprint density at radius 1 is 1.53 bits per heavy atom. The summed E-state index contributed by atoms with van der Waals surface area (Å²) in [6, 6.07) is 4.67. The Hall–Kier alpha value is -1.13. The average Bonchev–Trinajstić information content (AvgIpc) is 2.79. The van der Waals surface area contributed by atoms with E-state index < -0.39 is 17.5 Å². The second-order valence-electron chi connectivity index (χ2n) is 4.15. The fourth-order valence-electron chi connectivity index (χ4n) is 2.40. The summed E-state index contributed by atoms with van der Waals surface area (Å²) < 4.78 is 19.1. The first-order valence-electron chi connectivity index (χ1n) is 5.09. The van der Waals surface area contributed by atoms with Crippen LogP contribution in [-0.2, 0) is 0 Å². The maximum absolute atomic E-state index is 13.4. The highest BCUT2D eigenvalue weighted by Crippen LogP contribution is 2.46. The largest absolute Gasteiger partial charge is 0.479 e. The molecular formula is C11H12FNO2.